The van der Waals surface area contributed by atoms with Crippen molar-refractivity contribution < 1.29 is 100 Å². The number of carbonyl (C=O) groups is 9. The third kappa shape index (κ3) is 43.2. The lowest BCUT2D eigenvalue weighted by Crippen LogP contribution is -2.41. The minimum absolute atomic E-state index is 0. The van der Waals surface area contributed by atoms with E-state index in [-0.39, 0.29) is 119 Å². The number of ether oxygens (including phenoxy) is 11. The number of methoxy groups -OCH3 is 1. The standard InChI is InChI=1S/C8H14O3.2C7H12O.C6H10O2.C6H12O2.C6H10O2.3C5H8O2.2C4H6O2.3CH4/c1-3-8(10)4-6(2)11-7(9)5-8;1-6-3-4-8-7(2)5-6;1-6-4-2-3-5-7(6)8;1-5-2-3-6(7)8-4-5;1-7-6-4-2-3-5-8-6;1-5-3-2-4-6(7)8-5;1-4-2-5(6)7-3-4;1-4-2-3-7-5(4)6;1-4-2-3-5(6)7-4;1-3-2-6-4(3)5;1-3-2-4(5)6-3;;;/h6,10H,3-5H2,1-2H3;2*6H,2-5H2,1H3;5H,2-4H2,1H3;6H,2-5H2,1H3;5H,2-4H2,1H3;3*4H,2-3H2,1H3;2*3H,2H2,1H3;3*1H4. The number of cyclic esters (lactones) is 8. The summed E-state index contributed by atoms with van der Waals surface area (Å²) in [5, 5.41) is 9.72. The molecule has 1 N–H and O–H groups in total. The predicted molar refractivity (Wildman–Crippen MR) is 330 cm³/mol. The smallest absolute Gasteiger partial charge is 0.312 e. The lowest BCUT2D eigenvalue weighted by atomic mass is 9.88. The molecule has 0 aromatic heterocycles. The van der Waals surface area contributed by atoms with Gasteiger partial charge in [-0.3, -0.25) is 43.2 Å². The Morgan fingerprint density at radius 3 is 1.29 bits per heavy atom. The van der Waals surface area contributed by atoms with Gasteiger partial charge in [0, 0.05) is 64.1 Å². The number of aliphatic hydroxyl groups is 1. The average molecular weight is 1250 g/mol. The average Bonchev–Trinajstić information content (AvgIpc) is 4.17. The lowest BCUT2D eigenvalue weighted by molar-refractivity contribution is -0.169. The van der Waals surface area contributed by atoms with Crippen molar-refractivity contribution in [3.8, 4) is 0 Å². The van der Waals surface area contributed by atoms with Crippen LogP contribution in [0.4, 0.5) is 0 Å². The van der Waals surface area contributed by atoms with Crippen LogP contribution in [0.25, 0.3) is 0 Å². The molecule has 10 aliphatic heterocycles. The molecule has 0 aromatic carbocycles. The molecule has 21 nitrogen and oxygen atoms in total. The first-order chi connectivity index (χ1) is 39.6. The SMILES string of the molecule is C.C.C.C=C1CC(C)CCO1.CC1CC(=O)O1.CC1CCC(=O)O1.CC1CCC(=O)OC1.CC1CCCC(=O)O1.CC1CCCCC1=O.CC1CCOC1=O.CC1COC(=O)C1.CC1COC1=O.CCC1(O)CC(=O)OC(C)C1.COC1CCCCO1. The van der Waals surface area contributed by atoms with E-state index in [1.54, 1.807) is 14.0 Å². The highest BCUT2D eigenvalue weighted by Gasteiger charge is 2.36. The van der Waals surface area contributed by atoms with Crippen LogP contribution in [-0.2, 0) is 95.3 Å². The number of ketones is 1. The number of esters is 8. The van der Waals surface area contributed by atoms with Crippen molar-refractivity contribution >= 4 is 53.5 Å². The van der Waals surface area contributed by atoms with Crippen LogP contribution in [0.5, 0.6) is 0 Å². The Morgan fingerprint density at radius 2 is 1.02 bits per heavy atom. The van der Waals surface area contributed by atoms with E-state index in [1.807, 2.05) is 55.4 Å². The van der Waals surface area contributed by atoms with Crippen LogP contribution in [0.1, 0.15) is 240 Å². The van der Waals surface area contributed by atoms with Gasteiger partial charge in [0.1, 0.15) is 24.6 Å². The third-order valence-electron chi connectivity index (χ3n) is 14.6. The minimum Gasteiger partial charge on any atom is -0.499 e. The maximum atomic E-state index is 10.9. The van der Waals surface area contributed by atoms with Crippen LogP contribution in [-0.4, -0.2) is 142 Å². The molecule has 0 amide bonds. The van der Waals surface area contributed by atoms with Crippen molar-refractivity contribution in [2.24, 2.45) is 35.5 Å². The number of allylic oxidation sites excluding steroid dienone is 1. The quantitative estimate of drug-likeness (QED) is 0.199. The van der Waals surface area contributed by atoms with E-state index in [1.165, 1.54) is 25.7 Å². The molecule has 0 aromatic rings. The summed E-state index contributed by atoms with van der Waals surface area (Å²) in [4.78, 5) is 93.2. The molecule has 10 heterocycles. The lowest BCUT2D eigenvalue weighted by Gasteiger charge is -2.33. The van der Waals surface area contributed by atoms with Crippen LogP contribution in [0.3, 0.4) is 0 Å². The Bertz CT molecular complexity index is 1920. The van der Waals surface area contributed by atoms with Gasteiger partial charge in [-0.25, -0.2) is 0 Å². The molecule has 11 fully saturated rings. The number of rotatable bonds is 2. The van der Waals surface area contributed by atoms with Gasteiger partial charge in [-0.15, -0.1) is 0 Å². The zero-order valence-corrected chi connectivity index (χ0v) is 53.0. The largest absolute Gasteiger partial charge is 0.499 e. The first-order valence-electron chi connectivity index (χ1n) is 30.8. The number of carbonyl (C=O) groups excluding carboxylic acids is 9. The summed E-state index contributed by atoms with van der Waals surface area (Å²) in [5.74, 6) is 3.31. The first-order valence-corrected chi connectivity index (χ1v) is 30.8. The van der Waals surface area contributed by atoms with Crippen molar-refractivity contribution in [3.05, 3.63) is 12.3 Å². The van der Waals surface area contributed by atoms with Gasteiger partial charge in [-0.05, 0) is 124 Å². The minimum atomic E-state index is -0.811. The third-order valence-corrected chi connectivity index (χ3v) is 14.6. The maximum Gasteiger partial charge on any atom is 0.312 e. The first kappa shape index (κ1) is 86.1. The zero-order valence-electron chi connectivity index (χ0n) is 53.0. The fraction of sp³-hybridized carbons (Fsp3) is 0.833. The molecular weight excluding hydrogens is 1130 g/mol. The van der Waals surface area contributed by atoms with E-state index in [2.05, 4.69) is 39.4 Å². The molecule has 508 valence electrons. The number of hydrogen-bond acceptors (Lipinski definition) is 21. The molecule has 21 heteroatoms. The maximum absolute atomic E-state index is 10.9. The van der Waals surface area contributed by atoms with Gasteiger partial charge in [0.15, 0.2) is 6.29 Å². The highest BCUT2D eigenvalue weighted by molar-refractivity contribution is 5.81. The molecule has 12 unspecified atom stereocenters. The summed E-state index contributed by atoms with van der Waals surface area (Å²) < 4.78 is 52.7. The van der Waals surface area contributed by atoms with Gasteiger partial charge < -0.3 is 57.2 Å². The molecule has 0 bridgehead atoms. The van der Waals surface area contributed by atoms with Gasteiger partial charge >= 0.3 is 47.8 Å². The molecule has 1 saturated carbocycles. The predicted octanol–water partition coefficient (Wildman–Crippen LogP) is 12.0. The molecule has 1 aliphatic carbocycles. The summed E-state index contributed by atoms with van der Waals surface area (Å²) in [6, 6.07) is 0. The topological polar surface area (TPSA) is 275 Å². The Kier molecular flexibility index (Phi) is 48.2. The second-order valence-electron chi connectivity index (χ2n) is 23.6. The van der Waals surface area contributed by atoms with E-state index >= 15 is 0 Å². The fourth-order valence-corrected chi connectivity index (χ4v) is 8.76. The van der Waals surface area contributed by atoms with Crippen LogP contribution in [0.2, 0.25) is 0 Å². The summed E-state index contributed by atoms with van der Waals surface area (Å²) in [5.41, 5.74) is -0.811. The Hall–Kier alpha value is -5.15. The van der Waals surface area contributed by atoms with Crippen LogP contribution in [0, 0.1) is 35.5 Å². The van der Waals surface area contributed by atoms with E-state index in [0.29, 0.717) is 94.9 Å². The van der Waals surface area contributed by atoms with E-state index in [4.69, 9.17) is 33.2 Å². The molecule has 11 aliphatic rings. The second kappa shape index (κ2) is 48.7. The molecule has 10 saturated heterocycles. The van der Waals surface area contributed by atoms with E-state index < -0.39 is 5.60 Å². The summed E-state index contributed by atoms with van der Waals surface area (Å²) in [6.45, 7) is 29.5. The zero-order chi connectivity index (χ0) is 63.2. The van der Waals surface area contributed by atoms with Crippen LogP contribution >= 0.6 is 0 Å². The van der Waals surface area contributed by atoms with E-state index in [9.17, 15) is 48.3 Å². The molecular formula is C66H118O21. The van der Waals surface area contributed by atoms with Gasteiger partial charge in [0.2, 0.25) is 0 Å². The molecule has 12 atom stereocenters. The molecule has 11 rings (SSSR count). The number of hydrogen-bond donors (Lipinski definition) is 1. The van der Waals surface area contributed by atoms with E-state index in [0.717, 1.165) is 89.1 Å². The Morgan fingerprint density at radius 1 is 0.460 bits per heavy atom. The monoisotopic (exact) mass is 1250 g/mol. The second-order valence-corrected chi connectivity index (χ2v) is 23.6. The van der Waals surface area contributed by atoms with Crippen LogP contribution < -0.4 is 0 Å². The molecule has 0 radical (unpaired) electrons. The van der Waals surface area contributed by atoms with Gasteiger partial charge in [-0.1, -0.05) is 76.8 Å². The highest BCUT2D eigenvalue weighted by atomic mass is 16.7. The van der Waals surface area contributed by atoms with Gasteiger partial charge in [-0.2, -0.15) is 0 Å². The summed E-state index contributed by atoms with van der Waals surface area (Å²) in [6.07, 6.45) is 19.8. The normalized spacial score (nSPS) is 30.3. The summed E-state index contributed by atoms with van der Waals surface area (Å²) >= 11 is 0. The number of Topliss-reactive ketones (excluding diaryl/α,β-unsaturated/α-hetero) is 1. The van der Waals surface area contributed by atoms with Crippen molar-refractivity contribution in [1.29, 1.82) is 0 Å². The van der Waals surface area contributed by atoms with Crippen molar-refractivity contribution in [3.63, 3.8) is 0 Å². The van der Waals surface area contributed by atoms with Gasteiger partial charge in [0.25, 0.3) is 0 Å². The van der Waals surface area contributed by atoms with Crippen molar-refractivity contribution in [1.82, 2.24) is 0 Å². The van der Waals surface area contributed by atoms with Crippen molar-refractivity contribution in [2.45, 2.75) is 276 Å². The van der Waals surface area contributed by atoms with Crippen LogP contribution in [0.15, 0.2) is 12.3 Å². The molecule has 87 heavy (non-hydrogen) atoms. The Labute approximate surface area is 522 Å². The fourth-order valence-electron chi connectivity index (χ4n) is 8.76. The summed E-state index contributed by atoms with van der Waals surface area (Å²) in [7, 11) is 1.69. The molecule has 0 spiro atoms. The Balaban J connectivity index is -0.000000892. The van der Waals surface area contributed by atoms with Crippen molar-refractivity contribution in [2.75, 3.05) is 46.8 Å². The van der Waals surface area contributed by atoms with Gasteiger partial charge in [0.05, 0.1) is 81.1 Å². The highest BCUT2D eigenvalue weighted by Crippen LogP contribution is 2.28.